The van der Waals surface area contributed by atoms with Crippen LogP contribution in [0.4, 0.5) is 10.2 Å². The zero-order valence-corrected chi connectivity index (χ0v) is 16.2. The molecular weight excluding hydrogens is 363 g/mol. The van der Waals surface area contributed by atoms with Gasteiger partial charge in [-0.2, -0.15) is 0 Å². The van der Waals surface area contributed by atoms with Gasteiger partial charge in [0.2, 0.25) is 5.91 Å². The predicted molar refractivity (Wildman–Crippen MR) is 105 cm³/mol. The van der Waals surface area contributed by atoms with Crippen molar-refractivity contribution < 1.29 is 9.18 Å². The minimum atomic E-state index is -0.365. The maximum atomic E-state index is 13.7. The average Bonchev–Trinajstić information content (AvgIpc) is 2.71. The van der Waals surface area contributed by atoms with Crippen LogP contribution >= 0.6 is 0 Å². The topological polar surface area (TPSA) is 76.3 Å². The summed E-state index contributed by atoms with van der Waals surface area (Å²) in [6.45, 7) is 3.49. The fourth-order valence-electron chi connectivity index (χ4n) is 3.59. The van der Waals surface area contributed by atoms with Gasteiger partial charge in [-0.15, -0.1) is 0 Å². The van der Waals surface area contributed by atoms with Gasteiger partial charge in [-0.1, -0.05) is 18.2 Å². The molecule has 1 aromatic carbocycles. The fourth-order valence-corrected chi connectivity index (χ4v) is 3.59. The number of rotatable bonds is 5. The summed E-state index contributed by atoms with van der Waals surface area (Å²) < 4.78 is 16.4. The standard InChI is InChI=1S/C20H25FN4O3/c1-3-25-17(11-18(26)23(2)20(25)28)24-10-6-8-15(13-24)19(27)22-12-14-7-4-5-9-16(14)21/h4-5,7,9,11,15H,3,6,8,10,12-13H2,1-2H3,(H,22,27)/t15-/m0/s1. The molecule has 1 N–H and O–H groups in total. The monoisotopic (exact) mass is 388 g/mol. The van der Waals surface area contributed by atoms with Gasteiger partial charge >= 0.3 is 5.69 Å². The van der Waals surface area contributed by atoms with Crippen molar-refractivity contribution in [3.8, 4) is 0 Å². The second kappa shape index (κ2) is 8.41. The molecule has 1 amide bonds. The number of hydrogen-bond acceptors (Lipinski definition) is 4. The van der Waals surface area contributed by atoms with E-state index in [1.54, 1.807) is 22.8 Å². The number of aromatic nitrogens is 2. The molecule has 28 heavy (non-hydrogen) atoms. The molecular formula is C20H25FN4O3. The molecule has 3 rings (SSSR count). The lowest BCUT2D eigenvalue weighted by atomic mass is 9.97. The fraction of sp³-hybridized carbons (Fsp3) is 0.450. The third-order valence-corrected chi connectivity index (χ3v) is 5.22. The molecule has 0 aliphatic carbocycles. The SMILES string of the molecule is CCn1c(N2CCC[C@H](C(=O)NCc3ccccc3F)C2)cc(=O)n(C)c1=O. The Morgan fingerprint density at radius 1 is 1.29 bits per heavy atom. The Balaban J connectivity index is 1.74. The van der Waals surface area contributed by atoms with Crippen LogP contribution in [0.15, 0.2) is 39.9 Å². The summed E-state index contributed by atoms with van der Waals surface area (Å²) in [6, 6.07) is 7.79. The molecule has 1 atom stereocenters. The van der Waals surface area contributed by atoms with E-state index in [2.05, 4.69) is 5.32 Å². The molecule has 8 heteroatoms. The molecule has 0 bridgehead atoms. The lowest BCUT2D eigenvalue weighted by molar-refractivity contribution is -0.125. The highest BCUT2D eigenvalue weighted by Crippen LogP contribution is 2.22. The minimum Gasteiger partial charge on any atom is -0.357 e. The first-order valence-corrected chi connectivity index (χ1v) is 9.49. The first-order valence-electron chi connectivity index (χ1n) is 9.49. The normalized spacial score (nSPS) is 16.8. The largest absolute Gasteiger partial charge is 0.357 e. The van der Waals surface area contributed by atoms with Crippen molar-refractivity contribution in [3.63, 3.8) is 0 Å². The smallest absolute Gasteiger partial charge is 0.332 e. The molecule has 1 aliphatic rings. The summed E-state index contributed by atoms with van der Waals surface area (Å²) in [4.78, 5) is 39.0. The Kier molecular flexibility index (Phi) is 5.96. The maximum absolute atomic E-state index is 13.7. The van der Waals surface area contributed by atoms with Gasteiger partial charge in [-0.3, -0.25) is 18.7 Å². The maximum Gasteiger partial charge on any atom is 0.332 e. The average molecular weight is 388 g/mol. The van der Waals surface area contributed by atoms with E-state index in [-0.39, 0.29) is 35.4 Å². The number of nitrogens with one attached hydrogen (secondary N) is 1. The van der Waals surface area contributed by atoms with E-state index in [1.165, 1.54) is 19.2 Å². The Morgan fingerprint density at radius 2 is 2.04 bits per heavy atom. The van der Waals surface area contributed by atoms with Crippen molar-refractivity contribution in [3.05, 3.63) is 62.6 Å². The molecule has 1 aliphatic heterocycles. The highest BCUT2D eigenvalue weighted by molar-refractivity contribution is 5.79. The van der Waals surface area contributed by atoms with Crippen LogP contribution < -0.4 is 21.5 Å². The van der Waals surface area contributed by atoms with Crippen molar-refractivity contribution >= 4 is 11.7 Å². The van der Waals surface area contributed by atoms with Crippen molar-refractivity contribution in [2.24, 2.45) is 13.0 Å². The molecule has 0 radical (unpaired) electrons. The number of nitrogens with zero attached hydrogens (tertiary/aromatic N) is 3. The number of halogens is 1. The number of hydrogen-bond donors (Lipinski definition) is 1. The number of benzene rings is 1. The lowest BCUT2D eigenvalue weighted by Gasteiger charge is -2.34. The van der Waals surface area contributed by atoms with E-state index < -0.39 is 0 Å². The molecule has 1 fully saturated rings. The van der Waals surface area contributed by atoms with E-state index in [9.17, 15) is 18.8 Å². The highest BCUT2D eigenvalue weighted by atomic mass is 19.1. The van der Waals surface area contributed by atoms with Crippen LogP contribution in [-0.4, -0.2) is 28.1 Å². The third kappa shape index (κ3) is 4.00. The first-order chi connectivity index (χ1) is 13.4. The summed E-state index contributed by atoms with van der Waals surface area (Å²) in [5.41, 5.74) is -0.290. The van der Waals surface area contributed by atoms with Gasteiger partial charge in [0.25, 0.3) is 5.56 Å². The summed E-state index contributed by atoms with van der Waals surface area (Å²) in [7, 11) is 1.45. The van der Waals surface area contributed by atoms with Crippen molar-refractivity contribution in [1.82, 2.24) is 14.5 Å². The molecule has 0 spiro atoms. The van der Waals surface area contributed by atoms with Gasteiger partial charge in [0.15, 0.2) is 0 Å². The van der Waals surface area contributed by atoms with E-state index in [0.29, 0.717) is 37.4 Å². The Hall–Kier alpha value is -2.90. The van der Waals surface area contributed by atoms with E-state index in [1.807, 2.05) is 11.8 Å². The zero-order chi connectivity index (χ0) is 20.3. The van der Waals surface area contributed by atoms with E-state index >= 15 is 0 Å². The van der Waals surface area contributed by atoms with Crippen LogP contribution in [0.2, 0.25) is 0 Å². The molecule has 1 aromatic heterocycles. The second-order valence-corrected chi connectivity index (χ2v) is 7.02. The van der Waals surface area contributed by atoms with Crippen LogP contribution in [0.3, 0.4) is 0 Å². The van der Waals surface area contributed by atoms with Gasteiger partial charge in [0.1, 0.15) is 11.6 Å². The van der Waals surface area contributed by atoms with Crippen molar-refractivity contribution in [2.45, 2.75) is 32.9 Å². The second-order valence-electron chi connectivity index (χ2n) is 7.02. The van der Waals surface area contributed by atoms with E-state index in [4.69, 9.17) is 0 Å². The van der Waals surface area contributed by atoms with Crippen LogP contribution in [-0.2, 0) is 24.9 Å². The Morgan fingerprint density at radius 3 is 2.75 bits per heavy atom. The van der Waals surface area contributed by atoms with Crippen LogP contribution in [0.5, 0.6) is 0 Å². The quantitative estimate of drug-likeness (QED) is 0.836. The number of anilines is 1. The van der Waals surface area contributed by atoms with Gasteiger partial charge in [0, 0.05) is 44.9 Å². The number of carbonyl (C=O) groups is 1. The number of piperidine rings is 1. The molecule has 1 saturated heterocycles. The summed E-state index contributed by atoms with van der Waals surface area (Å²) >= 11 is 0. The molecule has 0 saturated carbocycles. The number of carbonyl (C=O) groups excluding carboxylic acids is 1. The molecule has 2 aromatic rings. The van der Waals surface area contributed by atoms with Gasteiger partial charge in [0.05, 0.1) is 5.92 Å². The van der Waals surface area contributed by atoms with Gasteiger partial charge in [-0.25, -0.2) is 9.18 Å². The molecule has 150 valence electrons. The highest BCUT2D eigenvalue weighted by Gasteiger charge is 2.27. The van der Waals surface area contributed by atoms with Crippen molar-refractivity contribution in [1.29, 1.82) is 0 Å². The minimum absolute atomic E-state index is 0.132. The summed E-state index contributed by atoms with van der Waals surface area (Å²) in [5.74, 6) is -0.241. The molecule has 0 unspecified atom stereocenters. The lowest BCUT2D eigenvalue weighted by Crippen LogP contribution is -2.47. The van der Waals surface area contributed by atoms with Gasteiger partial charge < -0.3 is 10.2 Å². The number of amides is 1. The molecule has 7 nitrogen and oxygen atoms in total. The zero-order valence-electron chi connectivity index (χ0n) is 16.2. The van der Waals surface area contributed by atoms with Crippen LogP contribution in [0.1, 0.15) is 25.3 Å². The Labute approximate surface area is 162 Å². The Bertz CT molecular complexity index is 982. The predicted octanol–water partition coefficient (Wildman–Crippen LogP) is 1.24. The third-order valence-electron chi connectivity index (χ3n) is 5.22. The molecule has 2 heterocycles. The first kappa shape index (κ1) is 19.9. The van der Waals surface area contributed by atoms with E-state index in [0.717, 1.165) is 11.0 Å². The van der Waals surface area contributed by atoms with Gasteiger partial charge in [-0.05, 0) is 25.8 Å². The van der Waals surface area contributed by atoms with Crippen molar-refractivity contribution in [2.75, 3.05) is 18.0 Å². The summed E-state index contributed by atoms with van der Waals surface area (Å²) in [6.07, 6.45) is 1.48. The summed E-state index contributed by atoms with van der Waals surface area (Å²) in [5, 5.41) is 2.80. The van der Waals surface area contributed by atoms with Crippen LogP contribution in [0, 0.1) is 11.7 Å². The van der Waals surface area contributed by atoms with Crippen LogP contribution in [0.25, 0.3) is 0 Å².